The zero-order valence-corrected chi connectivity index (χ0v) is 13.6. The van der Waals surface area contributed by atoms with E-state index in [2.05, 4.69) is 15.9 Å². The number of methoxy groups -OCH3 is 2. The Balaban J connectivity index is 2.65. The van der Waals surface area contributed by atoms with Crippen LogP contribution in [0.5, 0.6) is 11.5 Å². The molecular formula is C15H21BrFNO2. The van der Waals surface area contributed by atoms with E-state index in [0.29, 0.717) is 16.8 Å². The molecule has 0 heterocycles. The smallest absolute Gasteiger partial charge is 0.197 e. The zero-order valence-electron chi connectivity index (χ0n) is 12.0. The number of benzene rings is 1. The average Bonchev–Trinajstić information content (AvgIpc) is 2.47. The molecule has 0 amide bonds. The van der Waals surface area contributed by atoms with Gasteiger partial charge in [0, 0.05) is 22.0 Å². The van der Waals surface area contributed by atoms with E-state index < -0.39 is 5.82 Å². The third kappa shape index (κ3) is 2.53. The lowest BCUT2D eigenvalue weighted by atomic mass is 9.69. The van der Waals surface area contributed by atoms with E-state index in [1.54, 1.807) is 7.11 Å². The Kier molecular flexibility index (Phi) is 4.91. The van der Waals surface area contributed by atoms with Gasteiger partial charge in [-0.15, -0.1) is 0 Å². The molecule has 0 atom stereocenters. The molecule has 0 saturated heterocycles. The summed E-state index contributed by atoms with van der Waals surface area (Å²) in [4.78, 5) is 0. The second-order valence-corrected chi connectivity index (χ2v) is 6.18. The largest absolute Gasteiger partial charge is 0.492 e. The van der Waals surface area contributed by atoms with Crippen molar-refractivity contribution in [2.45, 2.75) is 37.5 Å². The molecule has 1 aliphatic carbocycles. The summed E-state index contributed by atoms with van der Waals surface area (Å²) < 4.78 is 25.4. The highest BCUT2D eigenvalue weighted by Gasteiger charge is 2.38. The Labute approximate surface area is 127 Å². The minimum absolute atomic E-state index is 0.157. The minimum atomic E-state index is -0.428. The molecule has 1 fully saturated rings. The Morgan fingerprint density at radius 2 is 1.80 bits per heavy atom. The molecule has 2 rings (SSSR count). The first-order valence-electron chi connectivity index (χ1n) is 6.90. The van der Waals surface area contributed by atoms with Crippen molar-refractivity contribution in [2.75, 3.05) is 20.8 Å². The summed E-state index contributed by atoms with van der Waals surface area (Å²) in [6, 6.07) is 1.45. The van der Waals surface area contributed by atoms with Crippen LogP contribution in [-0.4, -0.2) is 20.8 Å². The van der Waals surface area contributed by atoms with Crippen LogP contribution >= 0.6 is 15.9 Å². The summed E-state index contributed by atoms with van der Waals surface area (Å²) in [7, 11) is 2.99. The maximum Gasteiger partial charge on any atom is 0.197 e. The summed E-state index contributed by atoms with van der Waals surface area (Å²) in [5.74, 6) is 0.193. The summed E-state index contributed by atoms with van der Waals surface area (Å²) in [5.41, 5.74) is 6.86. The highest BCUT2D eigenvalue weighted by Crippen LogP contribution is 2.49. The first kappa shape index (κ1) is 15.6. The molecule has 0 aliphatic heterocycles. The van der Waals surface area contributed by atoms with Gasteiger partial charge in [-0.25, -0.2) is 4.39 Å². The molecule has 1 aliphatic rings. The van der Waals surface area contributed by atoms with Crippen LogP contribution in [0, 0.1) is 5.82 Å². The fraction of sp³-hybridized carbons (Fsp3) is 0.600. The van der Waals surface area contributed by atoms with Crippen molar-refractivity contribution >= 4 is 15.9 Å². The number of hydrogen-bond acceptors (Lipinski definition) is 3. The molecule has 20 heavy (non-hydrogen) atoms. The van der Waals surface area contributed by atoms with Gasteiger partial charge >= 0.3 is 0 Å². The summed E-state index contributed by atoms with van der Waals surface area (Å²) in [5, 5.41) is 0. The quantitative estimate of drug-likeness (QED) is 0.903. The van der Waals surface area contributed by atoms with Crippen LogP contribution in [0.15, 0.2) is 10.5 Å². The number of hydrogen-bond donors (Lipinski definition) is 1. The number of nitrogens with two attached hydrogens (primary N) is 1. The highest BCUT2D eigenvalue weighted by molar-refractivity contribution is 9.10. The van der Waals surface area contributed by atoms with Crippen LogP contribution < -0.4 is 15.2 Å². The van der Waals surface area contributed by atoms with Gasteiger partial charge in [-0.1, -0.05) is 35.2 Å². The van der Waals surface area contributed by atoms with E-state index in [1.807, 2.05) is 0 Å². The predicted molar refractivity (Wildman–Crippen MR) is 81.0 cm³/mol. The van der Waals surface area contributed by atoms with Crippen LogP contribution in [0.2, 0.25) is 0 Å². The molecule has 1 saturated carbocycles. The molecule has 1 aromatic rings. The molecule has 0 spiro atoms. The molecule has 0 bridgehead atoms. The Morgan fingerprint density at radius 1 is 1.20 bits per heavy atom. The summed E-state index contributed by atoms with van der Waals surface area (Å²) in [6.45, 7) is 0.525. The van der Waals surface area contributed by atoms with Crippen LogP contribution in [0.25, 0.3) is 0 Å². The monoisotopic (exact) mass is 345 g/mol. The Morgan fingerprint density at radius 3 is 2.30 bits per heavy atom. The summed E-state index contributed by atoms with van der Waals surface area (Å²) in [6.07, 6.45) is 5.47. The van der Waals surface area contributed by atoms with Gasteiger partial charge in [-0.2, -0.15) is 0 Å². The fourth-order valence-corrected chi connectivity index (χ4v) is 4.04. The molecule has 3 nitrogen and oxygen atoms in total. The van der Waals surface area contributed by atoms with E-state index in [0.717, 1.165) is 31.2 Å². The minimum Gasteiger partial charge on any atom is -0.492 e. The number of rotatable bonds is 4. The van der Waals surface area contributed by atoms with Crippen LogP contribution in [-0.2, 0) is 5.41 Å². The van der Waals surface area contributed by atoms with Gasteiger partial charge in [0.2, 0.25) is 0 Å². The lowest BCUT2D eigenvalue weighted by Crippen LogP contribution is -2.38. The molecule has 0 aromatic heterocycles. The lowest BCUT2D eigenvalue weighted by molar-refractivity contribution is 0.276. The topological polar surface area (TPSA) is 44.5 Å². The van der Waals surface area contributed by atoms with Crippen molar-refractivity contribution < 1.29 is 13.9 Å². The standard InChI is InChI=1S/C15H21BrFNO2/c1-19-13-11(17)8-10(16)12(14(13)20-2)15(9-18)6-4-3-5-7-15/h8H,3-7,9,18H2,1-2H3. The third-order valence-corrected chi connectivity index (χ3v) is 4.91. The van der Waals surface area contributed by atoms with Crippen LogP contribution in [0.4, 0.5) is 4.39 Å². The molecule has 0 unspecified atom stereocenters. The van der Waals surface area contributed by atoms with Crippen molar-refractivity contribution in [3.63, 3.8) is 0 Å². The molecule has 0 radical (unpaired) electrons. The predicted octanol–water partition coefficient (Wildman–Crippen LogP) is 3.77. The first-order valence-corrected chi connectivity index (χ1v) is 7.69. The molecular weight excluding hydrogens is 325 g/mol. The normalized spacial score (nSPS) is 17.9. The van der Waals surface area contributed by atoms with E-state index >= 15 is 0 Å². The Hall–Kier alpha value is -0.810. The number of halogens is 2. The van der Waals surface area contributed by atoms with Gasteiger partial charge in [0.1, 0.15) is 0 Å². The third-order valence-electron chi connectivity index (χ3n) is 4.28. The van der Waals surface area contributed by atoms with Gasteiger partial charge in [0.15, 0.2) is 17.3 Å². The van der Waals surface area contributed by atoms with Gasteiger partial charge in [-0.3, -0.25) is 0 Å². The van der Waals surface area contributed by atoms with Gasteiger partial charge in [-0.05, 0) is 18.9 Å². The molecule has 5 heteroatoms. The second-order valence-electron chi connectivity index (χ2n) is 5.33. The fourth-order valence-electron chi connectivity index (χ4n) is 3.24. The van der Waals surface area contributed by atoms with Crippen molar-refractivity contribution in [1.82, 2.24) is 0 Å². The maximum atomic E-state index is 14.0. The van der Waals surface area contributed by atoms with E-state index in [1.165, 1.54) is 19.6 Å². The average molecular weight is 346 g/mol. The van der Waals surface area contributed by atoms with Crippen molar-refractivity contribution in [2.24, 2.45) is 5.73 Å². The van der Waals surface area contributed by atoms with Gasteiger partial charge in [0.25, 0.3) is 0 Å². The lowest BCUT2D eigenvalue weighted by Gasteiger charge is -2.38. The second kappa shape index (κ2) is 6.31. The molecule has 2 N–H and O–H groups in total. The maximum absolute atomic E-state index is 14.0. The van der Waals surface area contributed by atoms with Crippen molar-refractivity contribution in [3.8, 4) is 11.5 Å². The first-order chi connectivity index (χ1) is 9.59. The van der Waals surface area contributed by atoms with Crippen LogP contribution in [0.3, 0.4) is 0 Å². The van der Waals surface area contributed by atoms with Gasteiger partial charge in [0.05, 0.1) is 14.2 Å². The summed E-state index contributed by atoms with van der Waals surface area (Å²) >= 11 is 3.48. The zero-order chi connectivity index (χ0) is 14.8. The highest BCUT2D eigenvalue weighted by atomic mass is 79.9. The van der Waals surface area contributed by atoms with E-state index in [4.69, 9.17) is 15.2 Å². The van der Waals surface area contributed by atoms with E-state index in [-0.39, 0.29) is 11.2 Å². The van der Waals surface area contributed by atoms with Gasteiger partial charge < -0.3 is 15.2 Å². The molecule has 112 valence electrons. The SMILES string of the molecule is COc1c(F)cc(Br)c(C2(CN)CCCCC2)c1OC. The van der Waals surface area contributed by atoms with Crippen molar-refractivity contribution in [3.05, 3.63) is 21.9 Å². The van der Waals surface area contributed by atoms with Crippen LogP contribution in [0.1, 0.15) is 37.7 Å². The van der Waals surface area contributed by atoms with E-state index in [9.17, 15) is 4.39 Å². The molecule has 1 aromatic carbocycles. The number of ether oxygens (including phenoxy) is 2. The van der Waals surface area contributed by atoms with Crippen molar-refractivity contribution in [1.29, 1.82) is 0 Å². The Bertz CT molecular complexity index is 487.